The molecule has 140 valence electrons. The van der Waals surface area contributed by atoms with Gasteiger partial charge in [-0.1, -0.05) is 30.7 Å². The molecule has 0 saturated heterocycles. The molecule has 1 aromatic heterocycles. The third kappa shape index (κ3) is 3.98. The van der Waals surface area contributed by atoms with E-state index in [4.69, 9.17) is 16.3 Å². The lowest BCUT2D eigenvalue weighted by atomic mass is 9.95. The normalized spacial score (nSPS) is 12.0. The van der Waals surface area contributed by atoms with E-state index in [0.717, 1.165) is 12.0 Å². The number of hydrogen-bond donors (Lipinski definition) is 2. The first-order valence-corrected chi connectivity index (χ1v) is 9.12. The Morgan fingerprint density at radius 2 is 2.11 bits per heavy atom. The largest absolute Gasteiger partial charge is 0.505 e. The lowest BCUT2D eigenvalue weighted by Crippen LogP contribution is -2.29. The number of methoxy groups -OCH3 is 1. The number of phenolic OH excluding ortho intramolecular Hbond substituents is 1. The number of halogens is 1. The van der Waals surface area contributed by atoms with Crippen molar-refractivity contribution in [3.8, 4) is 11.5 Å². The van der Waals surface area contributed by atoms with Crippen LogP contribution in [0.4, 0.5) is 0 Å². The molecule has 1 amide bonds. The Kier molecular flexibility index (Phi) is 5.81. The Balaban J connectivity index is 2.16. The third-order valence-electron chi connectivity index (χ3n) is 4.37. The predicted molar refractivity (Wildman–Crippen MR) is 106 cm³/mol. The van der Waals surface area contributed by atoms with Gasteiger partial charge in [-0.2, -0.15) is 0 Å². The van der Waals surface area contributed by atoms with Crippen LogP contribution >= 0.6 is 11.6 Å². The maximum atomic E-state index is 12.3. The van der Waals surface area contributed by atoms with Gasteiger partial charge in [0.25, 0.3) is 0 Å². The summed E-state index contributed by atoms with van der Waals surface area (Å²) in [5, 5.41) is 15.0. The van der Waals surface area contributed by atoms with Crippen molar-refractivity contribution in [1.82, 2.24) is 10.3 Å². The Morgan fingerprint density at radius 3 is 2.85 bits per heavy atom. The fourth-order valence-corrected chi connectivity index (χ4v) is 3.32. The number of nitrogens with one attached hydrogen (secondary N) is 1. The van der Waals surface area contributed by atoms with Gasteiger partial charge in [0.15, 0.2) is 0 Å². The van der Waals surface area contributed by atoms with Gasteiger partial charge in [0.1, 0.15) is 17.0 Å². The van der Waals surface area contributed by atoms with Crippen molar-refractivity contribution in [2.75, 3.05) is 7.11 Å². The van der Waals surface area contributed by atoms with Crippen LogP contribution in [0.2, 0.25) is 5.02 Å². The number of hydrogen-bond acceptors (Lipinski definition) is 4. The molecule has 6 heteroatoms. The van der Waals surface area contributed by atoms with E-state index in [2.05, 4.69) is 10.3 Å². The van der Waals surface area contributed by atoms with E-state index in [1.807, 2.05) is 31.2 Å². The first-order valence-electron chi connectivity index (χ1n) is 8.74. The molecule has 5 nitrogen and oxygen atoms in total. The predicted octanol–water partition coefficient (Wildman–Crippen LogP) is 4.61. The van der Waals surface area contributed by atoms with Gasteiger partial charge < -0.3 is 15.2 Å². The molecule has 2 N–H and O–H groups in total. The first kappa shape index (κ1) is 19.0. The highest BCUT2D eigenvalue weighted by Crippen LogP contribution is 2.38. The molecule has 0 aliphatic heterocycles. The zero-order valence-corrected chi connectivity index (χ0v) is 16.0. The second kappa shape index (κ2) is 8.27. The summed E-state index contributed by atoms with van der Waals surface area (Å²) in [6.07, 6.45) is 2.71. The number of aromatic hydroxyl groups is 1. The number of carbonyl (C=O) groups is 1. The number of nitrogens with zero attached hydrogens (tertiary/aromatic N) is 1. The van der Waals surface area contributed by atoms with E-state index in [1.165, 1.54) is 0 Å². The summed E-state index contributed by atoms with van der Waals surface area (Å²) < 4.78 is 5.30. The van der Waals surface area contributed by atoms with Gasteiger partial charge in [-0.15, -0.1) is 0 Å². The first-order chi connectivity index (χ1) is 13.0. The molecule has 0 aliphatic carbocycles. The van der Waals surface area contributed by atoms with E-state index in [0.29, 0.717) is 33.7 Å². The molecule has 0 spiro atoms. The van der Waals surface area contributed by atoms with Crippen molar-refractivity contribution in [3.05, 3.63) is 64.8 Å². The molecule has 0 radical (unpaired) electrons. The summed E-state index contributed by atoms with van der Waals surface area (Å²) in [4.78, 5) is 16.6. The van der Waals surface area contributed by atoms with Crippen LogP contribution < -0.4 is 10.1 Å². The van der Waals surface area contributed by atoms with Crippen molar-refractivity contribution in [2.45, 2.75) is 25.8 Å². The molecular formula is C21H21ClN2O3. The van der Waals surface area contributed by atoms with Gasteiger partial charge in [0.05, 0.1) is 18.2 Å². The van der Waals surface area contributed by atoms with E-state index in [9.17, 15) is 9.90 Å². The fraction of sp³-hybridized carbons (Fsp3) is 0.238. The summed E-state index contributed by atoms with van der Waals surface area (Å²) in [5.74, 6) is 0.549. The van der Waals surface area contributed by atoms with Crippen LogP contribution in [0.1, 0.15) is 36.9 Å². The Morgan fingerprint density at radius 1 is 1.30 bits per heavy atom. The quantitative estimate of drug-likeness (QED) is 0.651. The number of fused-ring (bicyclic) bond motifs is 1. The molecule has 2 aromatic carbocycles. The van der Waals surface area contributed by atoms with Crippen LogP contribution in [0.25, 0.3) is 10.9 Å². The topological polar surface area (TPSA) is 71.5 Å². The number of carbonyl (C=O) groups excluding carboxylic acids is 1. The van der Waals surface area contributed by atoms with Crippen LogP contribution in [0.3, 0.4) is 0 Å². The molecule has 1 unspecified atom stereocenters. The summed E-state index contributed by atoms with van der Waals surface area (Å²) in [6, 6.07) is 12.0. The SMILES string of the molecule is CCCC(=O)NC(c1cccc(OC)c1)c1cc(Cl)c2cccnc2c1O. The van der Waals surface area contributed by atoms with Crippen molar-refractivity contribution in [3.63, 3.8) is 0 Å². The van der Waals surface area contributed by atoms with Gasteiger partial charge in [-0.25, -0.2) is 0 Å². The average Bonchev–Trinajstić information content (AvgIpc) is 2.69. The van der Waals surface area contributed by atoms with Crippen molar-refractivity contribution < 1.29 is 14.6 Å². The fourth-order valence-electron chi connectivity index (χ4n) is 3.05. The summed E-state index contributed by atoms with van der Waals surface area (Å²) in [6.45, 7) is 1.94. The molecule has 0 bridgehead atoms. The summed E-state index contributed by atoms with van der Waals surface area (Å²) in [5.41, 5.74) is 1.67. The lowest BCUT2D eigenvalue weighted by molar-refractivity contribution is -0.121. The summed E-state index contributed by atoms with van der Waals surface area (Å²) in [7, 11) is 1.58. The maximum Gasteiger partial charge on any atom is 0.220 e. The van der Waals surface area contributed by atoms with Gasteiger partial charge in [0, 0.05) is 23.6 Å². The van der Waals surface area contributed by atoms with Crippen LogP contribution in [0, 0.1) is 0 Å². The molecule has 3 rings (SSSR count). The highest BCUT2D eigenvalue weighted by Gasteiger charge is 2.23. The van der Waals surface area contributed by atoms with Crippen molar-refractivity contribution in [2.24, 2.45) is 0 Å². The second-order valence-electron chi connectivity index (χ2n) is 6.22. The van der Waals surface area contributed by atoms with Crippen molar-refractivity contribution >= 4 is 28.4 Å². The Labute approximate surface area is 163 Å². The number of rotatable bonds is 6. The van der Waals surface area contributed by atoms with E-state index in [1.54, 1.807) is 31.5 Å². The van der Waals surface area contributed by atoms with Crippen molar-refractivity contribution in [1.29, 1.82) is 0 Å². The van der Waals surface area contributed by atoms with Crippen LogP contribution in [0.5, 0.6) is 11.5 Å². The van der Waals surface area contributed by atoms with Gasteiger partial charge in [-0.05, 0) is 42.3 Å². The second-order valence-corrected chi connectivity index (χ2v) is 6.63. The highest BCUT2D eigenvalue weighted by molar-refractivity contribution is 6.35. The highest BCUT2D eigenvalue weighted by atomic mass is 35.5. The van der Waals surface area contributed by atoms with Crippen LogP contribution in [0.15, 0.2) is 48.7 Å². The number of amides is 1. The van der Waals surface area contributed by atoms with E-state index in [-0.39, 0.29) is 11.7 Å². The standard InChI is InChI=1S/C21H21ClN2O3/c1-3-6-18(25)24-19(13-7-4-8-14(11-13)27-2)16-12-17(22)15-9-5-10-23-20(15)21(16)26/h4-5,7-12,19,26H,3,6H2,1-2H3,(H,24,25). The number of pyridine rings is 1. The molecule has 3 aromatic rings. The minimum absolute atomic E-state index is 0.000353. The zero-order valence-electron chi connectivity index (χ0n) is 15.2. The molecule has 0 fully saturated rings. The molecule has 0 saturated carbocycles. The van der Waals surface area contributed by atoms with Crippen LogP contribution in [-0.4, -0.2) is 23.1 Å². The Hall–Kier alpha value is -2.79. The molecule has 1 atom stereocenters. The molecule has 0 aliphatic rings. The monoisotopic (exact) mass is 384 g/mol. The number of benzene rings is 2. The minimum atomic E-state index is -0.581. The molecular weight excluding hydrogens is 364 g/mol. The number of phenols is 1. The molecule has 27 heavy (non-hydrogen) atoms. The Bertz CT molecular complexity index is 975. The maximum absolute atomic E-state index is 12.3. The summed E-state index contributed by atoms with van der Waals surface area (Å²) >= 11 is 6.43. The number of aromatic nitrogens is 1. The van der Waals surface area contributed by atoms with Crippen LogP contribution in [-0.2, 0) is 4.79 Å². The third-order valence-corrected chi connectivity index (χ3v) is 4.68. The average molecular weight is 385 g/mol. The lowest BCUT2D eigenvalue weighted by Gasteiger charge is -2.22. The number of ether oxygens (including phenoxy) is 1. The van der Waals surface area contributed by atoms with E-state index >= 15 is 0 Å². The van der Waals surface area contributed by atoms with Gasteiger partial charge >= 0.3 is 0 Å². The van der Waals surface area contributed by atoms with Gasteiger partial charge in [-0.3, -0.25) is 9.78 Å². The van der Waals surface area contributed by atoms with E-state index < -0.39 is 6.04 Å². The van der Waals surface area contributed by atoms with Gasteiger partial charge in [0.2, 0.25) is 5.91 Å². The zero-order chi connectivity index (χ0) is 19.4. The smallest absolute Gasteiger partial charge is 0.220 e. The molecule has 1 heterocycles. The minimum Gasteiger partial charge on any atom is -0.505 e.